The van der Waals surface area contributed by atoms with Crippen LogP contribution in [0.5, 0.6) is 0 Å². The summed E-state index contributed by atoms with van der Waals surface area (Å²) in [6.07, 6.45) is 18.8. The Labute approximate surface area is 167 Å². The first kappa shape index (κ1) is 20.9. The highest BCUT2D eigenvalue weighted by Crippen LogP contribution is 2.44. The Kier molecular flexibility index (Phi) is 8.22. The minimum absolute atomic E-state index is 0.119. The molecule has 0 unspecified atom stereocenters. The van der Waals surface area contributed by atoms with Crippen LogP contribution in [0.2, 0.25) is 0 Å². The number of benzene rings is 1. The smallest absolute Gasteiger partial charge is 0.123 e. The van der Waals surface area contributed by atoms with Crippen molar-refractivity contribution in [1.29, 1.82) is 0 Å². The summed E-state index contributed by atoms with van der Waals surface area (Å²) in [5.74, 6) is 4.41. The fraction of sp³-hybridized carbons (Fsp3) is 0.769. The summed E-state index contributed by atoms with van der Waals surface area (Å²) in [4.78, 5) is 0. The van der Waals surface area contributed by atoms with Crippen LogP contribution >= 0.6 is 0 Å². The van der Waals surface area contributed by atoms with Crippen molar-refractivity contribution < 1.29 is 4.39 Å². The first-order valence-electron chi connectivity index (χ1n) is 11.9. The van der Waals surface area contributed by atoms with Gasteiger partial charge < -0.3 is 0 Å². The van der Waals surface area contributed by atoms with E-state index in [0.717, 1.165) is 23.7 Å². The van der Waals surface area contributed by atoms with Crippen molar-refractivity contribution in [2.75, 3.05) is 0 Å². The molecule has 152 valence electrons. The van der Waals surface area contributed by atoms with Gasteiger partial charge in [0.1, 0.15) is 5.82 Å². The molecule has 1 aromatic carbocycles. The van der Waals surface area contributed by atoms with E-state index >= 15 is 0 Å². The van der Waals surface area contributed by atoms with Gasteiger partial charge in [-0.3, -0.25) is 0 Å². The Balaban J connectivity index is 1.36. The molecule has 0 aliphatic heterocycles. The van der Waals surface area contributed by atoms with Crippen LogP contribution in [-0.4, -0.2) is 0 Å². The molecule has 1 atom stereocenters. The van der Waals surface area contributed by atoms with Crippen molar-refractivity contribution in [1.82, 2.24) is 0 Å². The molecule has 0 saturated heterocycles. The quantitative estimate of drug-likeness (QED) is 0.401. The van der Waals surface area contributed by atoms with Crippen LogP contribution in [0.4, 0.5) is 4.39 Å². The highest BCUT2D eigenvalue weighted by atomic mass is 19.1. The number of rotatable bonds is 8. The Hall–Kier alpha value is -0.850. The standard InChI is InChI=1S/C26H41F/c1-3-4-5-6-21-7-11-24(12-8-21)25-13-9-22(10-14-25)19-20(2)23-15-17-26(27)18-16-23/h15-18,20-22,24-25H,3-14,19H2,1-2H3/t20-,21?,22?,24?,25?/m1/s1. The lowest BCUT2D eigenvalue weighted by Gasteiger charge is -2.38. The minimum Gasteiger partial charge on any atom is -0.207 e. The van der Waals surface area contributed by atoms with E-state index in [1.165, 1.54) is 89.0 Å². The van der Waals surface area contributed by atoms with Gasteiger partial charge in [0, 0.05) is 0 Å². The van der Waals surface area contributed by atoms with Gasteiger partial charge in [-0.15, -0.1) is 0 Å². The Bertz CT molecular complexity index is 518. The molecule has 0 spiro atoms. The van der Waals surface area contributed by atoms with E-state index in [2.05, 4.69) is 13.8 Å². The summed E-state index contributed by atoms with van der Waals surface area (Å²) in [6, 6.07) is 7.18. The maximum Gasteiger partial charge on any atom is 0.123 e. The molecule has 27 heavy (non-hydrogen) atoms. The molecule has 0 N–H and O–H groups in total. The largest absolute Gasteiger partial charge is 0.207 e. The zero-order valence-corrected chi connectivity index (χ0v) is 17.8. The van der Waals surface area contributed by atoms with Crippen LogP contribution in [-0.2, 0) is 0 Å². The first-order valence-corrected chi connectivity index (χ1v) is 11.9. The molecule has 0 bridgehead atoms. The Morgan fingerprint density at radius 1 is 0.815 bits per heavy atom. The lowest BCUT2D eigenvalue weighted by Crippen LogP contribution is -2.26. The molecule has 2 aliphatic carbocycles. The van der Waals surface area contributed by atoms with E-state index in [9.17, 15) is 4.39 Å². The predicted octanol–water partition coefficient (Wildman–Crippen LogP) is 8.51. The molecule has 0 nitrogen and oxygen atoms in total. The van der Waals surface area contributed by atoms with Crippen LogP contribution in [0.15, 0.2) is 24.3 Å². The topological polar surface area (TPSA) is 0 Å². The Morgan fingerprint density at radius 2 is 1.37 bits per heavy atom. The second kappa shape index (κ2) is 10.6. The van der Waals surface area contributed by atoms with Crippen molar-refractivity contribution in [3.63, 3.8) is 0 Å². The van der Waals surface area contributed by atoms with E-state index in [-0.39, 0.29) is 5.82 Å². The van der Waals surface area contributed by atoms with Gasteiger partial charge in [-0.2, -0.15) is 0 Å². The number of hydrogen-bond donors (Lipinski definition) is 0. The molecule has 1 aromatic rings. The number of halogens is 1. The zero-order valence-electron chi connectivity index (χ0n) is 17.8. The van der Waals surface area contributed by atoms with Gasteiger partial charge in [0.15, 0.2) is 0 Å². The number of unbranched alkanes of at least 4 members (excludes halogenated alkanes) is 2. The molecular formula is C26H41F. The van der Waals surface area contributed by atoms with Crippen LogP contribution in [0.3, 0.4) is 0 Å². The van der Waals surface area contributed by atoms with E-state index < -0.39 is 0 Å². The fourth-order valence-electron chi connectivity index (χ4n) is 5.95. The van der Waals surface area contributed by atoms with Crippen molar-refractivity contribution in [3.8, 4) is 0 Å². The average Bonchev–Trinajstić information content (AvgIpc) is 2.70. The lowest BCUT2D eigenvalue weighted by molar-refractivity contribution is 0.138. The van der Waals surface area contributed by atoms with Crippen LogP contribution in [0, 0.1) is 29.5 Å². The average molecular weight is 373 g/mol. The summed E-state index contributed by atoms with van der Waals surface area (Å²) in [5, 5.41) is 0. The van der Waals surface area contributed by atoms with Crippen LogP contribution in [0.1, 0.15) is 109 Å². The van der Waals surface area contributed by atoms with Crippen molar-refractivity contribution >= 4 is 0 Å². The van der Waals surface area contributed by atoms with E-state index in [4.69, 9.17) is 0 Å². The van der Waals surface area contributed by atoms with Gasteiger partial charge in [0.2, 0.25) is 0 Å². The maximum atomic E-state index is 13.1. The van der Waals surface area contributed by atoms with E-state index in [0.29, 0.717) is 5.92 Å². The third-order valence-corrected chi connectivity index (χ3v) is 7.79. The normalized spacial score (nSPS) is 30.2. The number of hydrogen-bond acceptors (Lipinski definition) is 0. The van der Waals surface area contributed by atoms with Crippen molar-refractivity contribution in [2.45, 2.75) is 103 Å². The second-order valence-corrected chi connectivity index (χ2v) is 9.75. The van der Waals surface area contributed by atoms with Gasteiger partial charge in [0.05, 0.1) is 0 Å². The molecule has 2 fully saturated rings. The summed E-state index contributed by atoms with van der Waals surface area (Å²) in [7, 11) is 0. The second-order valence-electron chi connectivity index (χ2n) is 9.75. The van der Waals surface area contributed by atoms with E-state index in [1.54, 1.807) is 12.1 Å². The van der Waals surface area contributed by atoms with Gasteiger partial charge >= 0.3 is 0 Å². The molecule has 1 heteroatoms. The van der Waals surface area contributed by atoms with E-state index in [1.807, 2.05) is 12.1 Å². The van der Waals surface area contributed by atoms with Gasteiger partial charge in [0.25, 0.3) is 0 Å². The van der Waals surface area contributed by atoms with Gasteiger partial charge in [-0.25, -0.2) is 4.39 Å². The first-order chi connectivity index (χ1) is 13.2. The SMILES string of the molecule is CCCCCC1CCC(C2CCC(C[C@@H](C)c3ccc(F)cc3)CC2)CC1. The maximum absolute atomic E-state index is 13.1. The third-order valence-electron chi connectivity index (χ3n) is 7.79. The zero-order chi connectivity index (χ0) is 19.1. The molecule has 2 saturated carbocycles. The van der Waals surface area contributed by atoms with Crippen LogP contribution in [0.25, 0.3) is 0 Å². The fourth-order valence-corrected chi connectivity index (χ4v) is 5.95. The highest BCUT2D eigenvalue weighted by molar-refractivity contribution is 5.19. The summed E-state index contributed by atoms with van der Waals surface area (Å²) in [5.41, 5.74) is 1.31. The van der Waals surface area contributed by atoms with Gasteiger partial charge in [-0.05, 0) is 79.4 Å². The van der Waals surface area contributed by atoms with Crippen LogP contribution < -0.4 is 0 Å². The summed E-state index contributed by atoms with van der Waals surface area (Å²) < 4.78 is 13.1. The summed E-state index contributed by atoms with van der Waals surface area (Å²) >= 11 is 0. The molecule has 0 heterocycles. The minimum atomic E-state index is -0.119. The van der Waals surface area contributed by atoms with Crippen molar-refractivity contribution in [2.24, 2.45) is 23.7 Å². The summed E-state index contributed by atoms with van der Waals surface area (Å²) in [6.45, 7) is 4.63. The molecular weight excluding hydrogens is 331 g/mol. The molecule has 0 radical (unpaired) electrons. The molecule has 0 aromatic heterocycles. The lowest BCUT2D eigenvalue weighted by atomic mass is 9.67. The molecule has 3 rings (SSSR count). The predicted molar refractivity (Wildman–Crippen MR) is 114 cm³/mol. The van der Waals surface area contributed by atoms with Crippen molar-refractivity contribution in [3.05, 3.63) is 35.6 Å². The third kappa shape index (κ3) is 6.33. The molecule has 0 amide bonds. The monoisotopic (exact) mass is 372 g/mol. The Morgan fingerprint density at radius 3 is 1.93 bits per heavy atom. The molecule has 2 aliphatic rings. The van der Waals surface area contributed by atoms with Gasteiger partial charge in [-0.1, -0.05) is 77.3 Å². The highest BCUT2D eigenvalue weighted by Gasteiger charge is 2.31.